The number of benzene rings is 2. The monoisotopic (exact) mass is 913 g/mol. The number of aromatic nitrogens is 8. The molecule has 0 N–H and O–H groups in total. The SMILES string of the molecule is CCCC(Cc1cnn(-c2ccc(Cl)cc2)c1C1CCC1)n1cc(C(F)(F)F)nc1C.Cc1nc(C(F)(F)F)cn1C1CCN(c2cnn(-c3ccc(Cl)cc3)c2C2CCC2)C1=O. The number of amides is 1. The molecular formula is C45H47Cl2F6N9O. The number of carbonyl (C=O) groups excluding carboxylic acids is 1. The number of halogens is 8. The van der Waals surface area contributed by atoms with Crippen molar-refractivity contribution in [2.75, 3.05) is 11.4 Å². The third kappa shape index (κ3) is 9.15. The molecule has 4 aromatic heterocycles. The molecule has 18 heteroatoms. The van der Waals surface area contributed by atoms with Crippen LogP contribution < -0.4 is 4.90 Å². The van der Waals surface area contributed by atoms with Gasteiger partial charge in [-0.25, -0.2) is 19.3 Å². The molecular weight excluding hydrogens is 867 g/mol. The molecule has 0 bridgehead atoms. The first-order valence-electron chi connectivity index (χ1n) is 21.2. The van der Waals surface area contributed by atoms with E-state index in [9.17, 15) is 31.1 Å². The summed E-state index contributed by atoms with van der Waals surface area (Å²) < 4.78 is 85.7. The average Bonchev–Trinajstić information content (AvgIpc) is 4.03. The number of alkyl halides is 6. The Bertz CT molecular complexity index is 2550. The molecule has 9 rings (SSSR count). The summed E-state index contributed by atoms with van der Waals surface area (Å²) in [6, 6.07) is 14.1. The van der Waals surface area contributed by atoms with E-state index in [0.717, 1.165) is 85.7 Å². The molecule has 2 aliphatic carbocycles. The van der Waals surface area contributed by atoms with Crippen LogP contribution in [0.2, 0.25) is 10.0 Å². The van der Waals surface area contributed by atoms with Crippen molar-refractivity contribution in [2.24, 2.45) is 0 Å². The Morgan fingerprint density at radius 2 is 1.24 bits per heavy atom. The Morgan fingerprint density at radius 1 is 0.714 bits per heavy atom. The second-order valence-corrected chi connectivity index (χ2v) is 17.5. The Balaban J connectivity index is 0.000000173. The van der Waals surface area contributed by atoms with Gasteiger partial charge >= 0.3 is 12.4 Å². The van der Waals surface area contributed by atoms with Gasteiger partial charge in [-0.15, -0.1) is 0 Å². The van der Waals surface area contributed by atoms with Crippen molar-refractivity contribution in [3.63, 3.8) is 0 Å². The van der Waals surface area contributed by atoms with E-state index >= 15 is 0 Å². The van der Waals surface area contributed by atoms with Gasteiger partial charge in [0, 0.05) is 46.9 Å². The van der Waals surface area contributed by atoms with E-state index in [4.69, 9.17) is 23.2 Å². The molecule has 2 saturated carbocycles. The summed E-state index contributed by atoms with van der Waals surface area (Å²) in [7, 11) is 0. The molecule has 3 fully saturated rings. The maximum atomic E-state index is 13.3. The lowest BCUT2D eigenvalue weighted by molar-refractivity contribution is -0.141. The van der Waals surface area contributed by atoms with Gasteiger partial charge < -0.3 is 14.0 Å². The van der Waals surface area contributed by atoms with Gasteiger partial charge in [-0.3, -0.25) is 4.79 Å². The number of carbonyl (C=O) groups is 1. The normalized spacial score (nSPS) is 17.7. The first-order valence-corrected chi connectivity index (χ1v) is 22.0. The smallest absolute Gasteiger partial charge is 0.331 e. The van der Waals surface area contributed by atoms with E-state index in [-0.39, 0.29) is 23.7 Å². The quantitative estimate of drug-likeness (QED) is 0.121. The Kier molecular flexibility index (Phi) is 12.6. The molecule has 0 radical (unpaired) electrons. The molecule has 334 valence electrons. The second-order valence-electron chi connectivity index (χ2n) is 16.6. The van der Waals surface area contributed by atoms with Gasteiger partial charge in [0.25, 0.3) is 0 Å². The van der Waals surface area contributed by atoms with Gasteiger partial charge in [0.1, 0.15) is 17.7 Å². The predicted octanol–water partition coefficient (Wildman–Crippen LogP) is 12.2. The van der Waals surface area contributed by atoms with Gasteiger partial charge in [-0.2, -0.15) is 36.5 Å². The summed E-state index contributed by atoms with van der Waals surface area (Å²) in [4.78, 5) is 22.4. The van der Waals surface area contributed by atoms with Crippen molar-refractivity contribution in [1.29, 1.82) is 0 Å². The third-order valence-electron chi connectivity index (χ3n) is 12.5. The molecule has 2 unspecified atom stereocenters. The van der Waals surface area contributed by atoms with Crippen molar-refractivity contribution in [3.05, 3.63) is 123 Å². The summed E-state index contributed by atoms with van der Waals surface area (Å²) in [6.45, 7) is 5.59. The van der Waals surface area contributed by atoms with Crippen LogP contribution in [0.3, 0.4) is 0 Å². The molecule has 1 aliphatic heterocycles. The number of rotatable bonds is 11. The molecule has 10 nitrogen and oxygen atoms in total. The molecule has 1 saturated heterocycles. The van der Waals surface area contributed by atoms with E-state index in [0.29, 0.717) is 41.2 Å². The highest BCUT2D eigenvalue weighted by Crippen LogP contribution is 2.45. The lowest BCUT2D eigenvalue weighted by Crippen LogP contribution is -2.30. The lowest BCUT2D eigenvalue weighted by atomic mass is 9.80. The zero-order valence-corrected chi connectivity index (χ0v) is 36.5. The molecule has 0 spiro atoms. The zero-order valence-electron chi connectivity index (χ0n) is 35.0. The summed E-state index contributed by atoms with van der Waals surface area (Å²) in [5.74, 6) is 1.03. The van der Waals surface area contributed by atoms with Crippen molar-refractivity contribution in [1.82, 2.24) is 38.7 Å². The predicted molar refractivity (Wildman–Crippen MR) is 228 cm³/mol. The van der Waals surface area contributed by atoms with Crippen LogP contribution in [0.15, 0.2) is 73.3 Å². The minimum absolute atomic E-state index is 0.102. The van der Waals surface area contributed by atoms with Crippen LogP contribution in [0.1, 0.15) is 129 Å². The minimum Gasteiger partial charge on any atom is -0.331 e. The Hall–Kier alpha value is -5.09. The van der Waals surface area contributed by atoms with Gasteiger partial charge in [0.15, 0.2) is 11.4 Å². The molecule has 2 atom stereocenters. The van der Waals surface area contributed by atoms with Crippen LogP contribution in [-0.4, -0.2) is 51.1 Å². The maximum absolute atomic E-state index is 13.3. The number of hydrogen-bond acceptors (Lipinski definition) is 5. The zero-order chi connectivity index (χ0) is 44.8. The summed E-state index contributed by atoms with van der Waals surface area (Å²) in [6.07, 6.45) is 5.85. The van der Waals surface area contributed by atoms with Crippen molar-refractivity contribution in [2.45, 2.75) is 121 Å². The molecule has 3 aliphatic rings. The number of anilines is 1. The van der Waals surface area contributed by atoms with Gasteiger partial charge in [-0.1, -0.05) is 49.4 Å². The largest absolute Gasteiger partial charge is 0.434 e. The number of aryl methyl sites for hydroxylation is 2. The van der Waals surface area contributed by atoms with Crippen molar-refractivity contribution < 1.29 is 31.1 Å². The first kappa shape index (κ1) is 44.5. The highest BCUT2D eigenvalue weighted by atomic mass is 35.5. The van der Waals surface area contributed by atoms with Crippen LogP contribution >= 0.6 is 23.2 Å². The number of nitrogens with zero attached hydrogens (tertiary/aromatic N) is 9. The highest BCUT2D eigenvalue weighted by molar-refractivity contribution is 6.30. The topological polar surface area (TPSA) is 91.6 Å². The molecule has 2 aromatic carbocycles. The highest BCUT2D eigenvalue weighted by Gasteiger charge is 2.41. The van der Waals surface area contributed by atoms with Gasteiger partial charge in [-0.05, 0) is 113 Å². The van der Waals surface area contributed by atoms with Crippen LogP contribution in [0.25, 0.3) is 11.4 Å². The Morgan fingerprint density at radius 3 is 1.75 bits per heavy atom. The summed E-state index contributed by atoms with van der Waals surface area (Å²) in [5, 5.41) is 10.5. The molecule has 5 heterocycles. The minimum atomic E-state index is -4.55. The van der Waals surface area contributed by atoms with E-state index < -0.39 is 29.8 Å². The standard InChI is InChI=1S/C23H26ClF3N4.C22H21ClF3N5O/c1-3-5-20(30-14-21(23(25,26)27)29-15(30)2)12-17-13-28-31(22(17)16-6-4-7-16)19-10-8-18(24)9-11-19;1-13-28-19(22(24,25)26)12-30(13)17-9-10-29(21(17)32)18-11-27-31(20(18)14-3-2-4-14)16-7-5-15(23)6-8-16/h8-11,13-14,16,20H,3-7,12H2,1-2H3;5-8,11-12,14,17H,2-4,9-10H2,1H3. The Labute approximate surface area is 370 Å². The number of imidazole rings is 2. The van der Waals surface area contributed by atoms with Crippen LogP contribution in [0.5, 0.6) is 0 Å². The second kappa shape index (κ2) is 17.8. The fourth-order valence-electron chi connectivity index (χ4n) is 8.88. The molecule has 63 heavy (non-hydrogen) atoms. The van der Waals surface area contributed by atoms with Gasteiger partial charge in [0.05, 0.1) is 40.8 Å². The maximum Gasteiger partial charge on any atom is 0.434 e. The van der Waals surface area contributed by atoms with Crippen molar-refractivity contribution in [3.8, 4) is 11.4 Å². The van der Waals surface area contributed by atoms with Crippen LogP contribution in [-0.2, 0) is 23.6 Å². The summed E-state index contributed by atoms with van der Waals surface area (Å²) >= 11 is 12.1. The van der Waals surface area contributed by atoms with E-state index in [1.807, 2.05) is 58.9 Å². The first-order chi connectivity index (χ1) is 30.0. The summed E-state index contributed by atoms with van der Waals surface area (Å²) in [5.41, 5.74) is 3.95. The van der Waals surface area contributed by atoms with Crippen LogP contribution in [0.4, 0.5) is 32.0 Å². The van der Waals surface area contributed by atoms with Crippen molar-refractivity contribution >= 4 is 34.8 Å². The fraction of sp³-hybridized carbons (Fsp3) is 0.444. The van der Waals surface area contributed by atoms with E-state index in [1.165, 1.54) is 23.6 Å². The lowest BCUT2D eigenvalue weighted by Gasteiger charge is -2.29. The van der Waals surface area contributed by atoms with E-state index in [1.54, 1.807) is 34.7 Å². The van der Waals surface area contributed by atoms with E-state index in [2.05, 4.69) is 20.2 Å². The number of hydrogen-bond donors (Lipinski definition) is 0. The van der Waals surface area contributed by atoms with Crippen LogP contribution in [0, 0.1) is 13.8 Å². The third-order valence-corrected chi connectivity index (χ3v) is 13.0. The average molecular weight is 915 g/mol. The molecule has 1 amide bonds. The molecule has 6 aromatic rings. The van der Waals surface area contributed by atoms with Gasteiger partial charge in [0.2, 0.25) is 5.91 Å². The fourth-order valence-corrected chi connectivity index (χ4v) is 9.13.